The lowest BCUT2D eigenvalue weighted by Crippen LogP contribution is -2.41. The number of aromatic nitrogens is 2. The van der Waals surface area contributed by atoms with Crippen LogP contribution in [0, 0.1) is 13.8 Å². The first-order valence-corrected chi connectivity index (χ1v) is 7.63. The van der Waals surface area contributed by atoms with E-state index in [0.717, 1.165) is 11.4 Å². The highest BCUT2D eigenvalue weighted by atomic mass is 16.6. The highest BCUT2D eigenvalue weighted by Gasteiger charge is 2.21. The van der Waals surface area contributed by atoms with Crippen LogP contribution in [0.15, 0.2) is 6.07 Å². The fourth-order valence-corrected chi connectivity index (χ4v) is 1.95. The molecule has 0 aliphatic carbocycles. The van der Waals surface area contributed by atoms with Gasteiger partial charge in [0.1, 0.15) is 5.60 Å². The van der Waals surface area contributed by atoms with E-state index in [1.807, 2.05) is 59.6 Å². The van der Waals surface area contributed by atoms with E-state index in [-0.39, 0.29) is 6.09 Å². The van der Waals surface area contributed by atoms with Gasteiger partial charge >= 0.3 is 6.09 Å². The topological polar surface area (TPSA) is 58.6 Å². The SMILES string of the molecule is CCN(CCN(C)c1nc(C)cc(C)n1)C(=O)OC(C)(C)C. The maximum absolute atomic E-state index is 12.1. The van der Waals surface area contributed by atoms with Crippen molar-refractivity contribution in [1.29, 1.82) is 0 Å². The second kappa shape index (κ2) is 7.42. The minimum Gasteiger partial charge on any atom is -0.444 e. The normalized spacial score (nSPS) is 11.2. The van der Waals surface area contributed by atoms with Gasteiger partial charge in [-0.05, 0) is 47.6 Å². The Hall–Kier alpha value is -1.85. The fraction of sp³-hybridized carbons (Fsp3) is 0.688. The van der Waals surface area contributed by atoms with Gasteiger partial charge in [-0.15, -0.1) is 0 Å². The number of nitrogens with zero attached hydrogens (tertiary/aromatic N) is 4. The molecule has 0 saturated heterocycles. The lowest BCUT2D eigenvalue weighted by Gasteiger charge is -2.28. The van der Waals surface area contributed by atoms with Crippen molar-refractivity contribution in [3.63, 3.8) is 0 Å². The zero-order valence-corrected chi connectivity index (χ0v) is 14.8. The minimum absolute atomic E-state index is 0.287. The monoisotopic (exact) mass is 308 g/mol. The number of rotatable bonds is 5. The Bertz CT molecular complexity index is 491. The van der Waals surface area contributed by atoms with Crippen LogP contribution in [0.2, 0.25) is 0 Å². The third-order valence-corrected chi connectivity index (χ3v) is 3.05. The van der Waals surface area contributed by atoms with E-state index in [1.54, 1.807) is 4.90 Å². The molecule has 0 fully saturated rings. The van der Waals surface area contributed by atoms with Gasteiger partial charge < -0.3 is 14.5 Å². The van der Waals surface area contributed by atoms with E-state index in [9.17, 15) is 4.79 Å². The van der Waals surface area contributed by atoms with Gasteiger partial charge in [-0.25, -0.2) is 14.8 Å². The summed E-state index contributed by atoms with van der Waals surface area (Å²) in [4.78, 5) is 24.6. The van der Waals surface area contributed by atoms with Gasteiger partial charge in [0.2, 0.25) is 5.95 Å². The fourth-order valence-electron chi connectivity index (χ4n) is 1.95. The summed E-state index contributed by atoms with van der Waals surface area (Å²) in [6.07, 6.45) is -0.287. The first-order valence-electron chi connectivity index (χ1n) is 7.63. The van der Waals surface area contributed by atoms with Crippen LogP contribution in [0.3, 0.4) is 0 Å². The molecule has 0 N–H and O–H groups in total. The molecule has 0 aliphatic heterocycles. The van der Waals surface area contributed by atoms with Crippen LogP contribution in [0.4, 0.5) is 10.7 Å². The average Bonchev–Trinajstić information content (AvgIpc) is 2.35. The largest absolute Gasteiger partial charge is 0.444 e. The van der Waals surface area contributed by atoms with Crippen LogP contribution >= 0.6 is 0 Å². The van der Waals surface area contributed by atoms with Crippen molar-refractivity contribution in [2.24, 2.45) is 0 Å². The summed E-state index contributed by atoms with van der Waals surface area (Å²) >= 11 is 0. The van der Waals surface area contributed by atoms with E-state index in [4.69, 9.17) is 4.74 Å². The van der Waals surface area contributed by atoms with Gasteiger partial charge in [0.25, 0.3) is 0 Å². The lowest BCUT2D eigenvalue weighted by atomic mass is 10.2. The number of anilines is 1. The number of hydrogen-bond donors (Lipinski definition) is 0. The van der Waals surface area contributed by atoms with Crippen molar-refractivity contribution in [3.05, 3.63) is 17.5 Å². The first kappa shape index (κ1) is 18.2. The van der Waals surface area contributed by atoms with Crippen LogP contribution in [0.1, 0.15) is 39.1 Å². The summed E-state index contributed by atoms with van der Waals surface area (Å²) < 4.78 is 5.40. The molecule has 0 spiro atoms. The highest BCUT2D eigenvalue weighted by molar-refractivity contribution is 5.68. The number of aryl methyl sites for hydroxylation is 2. The Labute approximate surface area is 133 Å². The zero-order chi connectivity index (χ0) is 16.9. The van der Waals surface area contributed by atoms with Crippen LogP contribution in [-0.4, -0.2) is 53.2 Å². The Balaban J connectivity index is 2.64. The maximum Gasteiger partial charge on any atom is 0.410 e. The summed E-state index contributed by atoms with van der Waals surface area (Å²) in [5.74, 6) is 0.678. The average molecular weight is 308 g/mol. The van der Waals surface area contributed by atoms with Crippen molar-refractivity contribution in [1.82, 2.24) is 14.9 Å². The zero-order valence-electron chi connectivity index (χ0n) is 14.8. The molecule has 22 heavy (non-hydrogen) atoms. The van der Waals surface area contributed by atoms with Crippen molar-refractivity contribution < 1.29 is 9.53 Å². The van der Waals surface area contributed by atoms with E-state index >= 15 is 0 Å². The second-order valence-corrected chi connectivity index (χ2v) is 6.43. The molecule has 0 bridgehead atoms. The van der Waals surface area contributed by atoms with Gasteiger partial charge in [0.15, 0.2) is 0 Å². The van der Waals surface area contributed by atoms with E-state index in [0.29, 0.717) is 25.6 Å². The Morgan fingerprint density at radius 2 is 1.73 bits per heavy atom. The van der Waals surface area contributed by atoms with Crippen molar-refractivity contribution in [3.8, 4) is 0 Å². The van der Waals surface area contributed by atoms with Crippen molar-refractivity contribution in [2.75, 3.05) is 31.6 Å². The molecular formula is C16H28N4O2. The van der Waals surface area contributed by atoms with Crippen molar-refractivity contribution >= 4 is 12.0 Å². The molecule has 1 aromatic rings. The molecule has 0 aliphatic rings. The quantitative estimate of drug-likeness (QED) is 0.837. The Morgan fingerprint density at radius 1 is 1.18 bits per heavy atom. The number of carbonyl (C=O) groups excluding carboxylic acids is 1. The minimum atomic E-state index is -0.479. The third kappa shape index (κ3) is 5.87. The third-order valence-electron chi connectivity index (χ3n) is 3.05. The predicted octanol–water partition coefficient (Wildman–Crippen LogP) is 2.79. The highest BCUT2D eigenvalue weighted by Crippen LogP contribution is 2.11. The molecule has 1 heterocycles. The van der Waals surface area contributed by atoms with E-state index in [2.05, 4.69) is 9.97 Å². The van der Waals surface area contributed by atoms with Crippen LogP contribution < -0.4 is 4.90 Å². The smallest absolute Gasteiger partial charge is 0.410 e. The lowest BCUT2D eigenvalue weighted by molar-refractivity contribution is 0.0265. The van der Waals surface area contributed by atoms with Gasteiger partial charge in [0.05, 0.1) is 0 Å². The summed E-state index contributed by atoms with van der Waals surface area (Å²) in [6.45, 7) is 13.3. The summed E-state index contributed by atoms with van der Waals surface area (Å²) in [5, 5.41) is 0. The molecule has 0 saturated carbocycles. The Morgan fingerprint density at radius 3 is 2.18 bits per heavy atom. The molecular weight excluding hydrogens is 280 g/mol. The van der Waals surface area contributed by atoms with Gasteiger partial charge in [-0.1, -0.05) is 0 Å². The van der Waals surface area contributed by atoms with Gasteiger partial charge in [0, 0.05) is 38.1 Å². The van der Waals surface area contributed by atoms with Gasteiger partial charge in [-0.2, -0.15) is 0 Å². The molecule has 1 amide bonds. The summed E-state index contributed by atoms with van der Waals surface area (Å²) in [6, 6.07) is 1.94. The predicted molar refractivity (Wildman–Crippen MR) is 88.3 cm³/mol. The number of likely N-dealkylation sites (N-methyl/N-ethyl adjacent to an activating group) is 2. The standard InChI is InChI=1S/C16H28N4O2/c1-8-20(15(21)22-16(4,5)6)10-9-19(7)14-17-12(2)11-13(3)18-14/h11H,8-10H2,1-7H3. The van der Waals surface area contributed by atoms with Crippen molar-refractivity contribution in [2.45, 2.75) is 47.1 Å². The van der Waals surface area contributed by atoms with E-state index in [1.165, 1.54) is 0 Å². The van der Waals surface area contributed by atoms with Gasteiger partial charge in [-0.3, -0.25) is 0 Å². The number of ether oxygens (including phenoxy) is 1. The molecule has 1 aromatic heterocycles. The Kier molecular flexibility index (Phi) is 6.14. The van der Waals surface area contributed by atoms with Crippen LogP contribution in [0.25, 0.3) is 0 Å². The molecule has 124 valence electrons. The number of carbonyl (C=O) groups is 1. The molecule has 0 unspecified atom stereocenters. The van der Waals surface area contributed by atoms with Crippen LogP contribution in [0.5, 0.6) is 0 Å². The number of hydrogen-bond acceptors (Lipinski definition) is 5. The second-order valence-electron chi connectivity index (χ2n) is 6.43. The molecule has 6 heteroatoms. The molecule has 0 atom stereocenters. The molecule has 1 rings (SSSR count). The molecule has 6 nitrogen and oxygen atoms in total. The number of amides is 1. The molecule has 0 aromatic carbocycles. The van der Waals surface area contributed by atoms with E-state index < -0.39 is 5.60 Å². The van der Waals surface area contributed by atoms with Crippen LogP contribution in [-0.2, 0) is 4.74 Å². The summed E-state index contributed by atoms with van der Waals surface area (Å²) in [7, 11) is 1.93. The summed E-state index contributed by atoms with van der Waals surface area (Å²) in [5.41, 5.74) is 1.40. The molecule has 0 radical (unpaired) electrons. The first-order chi connectivity index (χ1) is 10.1. The maximum atomic E-state index is 12.1.